The maximum atomic E-state index is 11.7. The maximum Gasteiger partial charge on any atom is 0.223 e. The van der Waals surface area contributed by atoms with Gasteiger partial charge in [-0.1, -0.05) is 18.2 Å². The van der Waals surface area contributed by atoms with Crippen LogP contribution in [0, 0.1) is 5.92 Å². The molecule has 1 atom stereocenters. The first-order chi connectivity index (χ1) is 8.24. The van der Waals surface area contributed by atoms with Gasteiger partial charge < -0.3 is 9.73 Å². The Morgan fingerprint density at radius 3 is 2.88 bits per heavy atom. The van der Waals surface area contributed by atoms with Gasteiger partial charge in [0.1, 0.15) is 11.3 Å². The number of rotatable bonds is 3. The van der Waals surface area contributed by atoms with Crippen LogP contribution in [0.5, 0.6) is 0 Å². The summed E-state index contributed by atoms with van der Waals surface area (Å²) in [7, 11) is 0. The molecular formula is C14H15NO2. The van der Waals surface area contributed by atoms with E-state index in [0.29, 0.717) is 0 Å². The molecule has 1 unspecified atom stereocenters. The molecule has 1 fully saturated rings. The Morgan fingerprint density at radius 2 is 2.18 bits per heavy atom. The van der Waals surface area contributed by atoms with Crippen LogP contribution in [0.2, 0.25) is 0 Å². The highest BCUT2D eigenvalue weighted by Crippen LogP contribution is 2.30. The molecule has 1 aromatic carbocycles. The van der Waals surface area contributed by atoms with Gasteiger partial charge in [0.05, 0.1) is 6.04 Å². The molecule has 0 radical (unpaired) electrons. The molecule has 1 heterocycles. The van der Waals surface area contributed by atoms with Crippen LogP contribution in [0.3, 0.4) is 0 Å². The van der Waals surface area contributed by atoms with E-state index < -0.39 is 0 Å². The van der Waals surface area contributed by atoms with E-state index in [0.717, 1.165) is 29.6 Å². The summed E-state index contributed by atoms with van der Waals surface area (Å²) in [5.41, 5.74) is 0.870. The molecule has 3 heteroatoms. The molecule has 0 saturated heterocycles. The third-order valence-electron chi connectivity index (χ3n) is 3.18. The monoisotopic (exact) mass is 229 g/mol. The summed E-state index contributed by atoms with van der Waals surface area (Å²) < 4.78 is 5.72. The van der Waals surface area contributed by atoms with Gasteiger partial charge in [0.15, 0.2) is 0 Å². The van der Waals surface area contributed by atoms with E-state index in [4.69, 9.17) is 4.42 Å². The van der Waals surface area contributed by atoms with Gasteiger partial charge in [0, 0.05) is 11.3 Å². The number of carbonyl (C=O) groups excluding carboxylic acids is 1. The number of nitrogens with one attached hydrogen (secondary N) is 1. The Bertz CT molecular complexity index is 521. The lowest BCUT2D eigenvalue weighted by Gasteiger charge is -2.10. The van der Waals surface area contributed by atoms with Crippen molar-refractivity contribution in [2.45, 2.75) is 25.8 Å². The Kier molecular flexibility index (Phi) is 2.39. The summed E-state index contributed by atoms with van der Waals surface area (Å²) in [6.07, 6.45) is 2.05. The van der Waals surface area contributed by atoms with E-state index in [1.54, 1.807) is 0 Å². The van der Waals surface area contributed by atoms with Gasteiger partial charge in [-0.2, -0.15) is 0 Å². The smallest absolute Gasteiger partial charge is 0.223 e. The lowest BCUT2D eigenvalue weighted by atomic mass is 10.2. The Morgan fingerprint density at radius 1 is 1.41 bits per heavy atom. The van der Waals surface area contributed by atoms with Gasteiger partial charge in [0.2, 0.25) is 5.91 Å². The van der Waals surface area contributed by atoms with Gasteiger partial charge in [-0.05, 0) is 31.9 Å². The van der Waals surface area contributed by atoms with E-state index >= 15 is 0 Å². The quantitative estimate of drug-likeness (QED) is 0.879. The Labute approximate surface area is 99.8 Å². The van der Waals surface area contributed by atoms with Crippen molar-refractivity contribution in [3.8, 4) is 0 Å². The van der Waals surface area contributed by atoms with E-state index in [1.807, 2.05) is 37.3 Å². The predicted octanol–water partition coefficient (Wildman–Crippen LogP) is 3.02. The molecule has 17 heavy (non-hydrogen) atoms. The number of amides is 1. The topological polar surface area (TPSA) is 42.2 Å². The standard InChI is InChI=1S/C14H15NO2/c1-9(15-14(16)10-6-7-10)13-8-11-4-2-3-5-12(11)17-13/h2-5,8-10H,6-7H2,1H3,(H,15,16). The third-order valence-corrected chi connectivity index (χ3v) is 3.18. The number of para-hydroxylation sites is 1. The maximum absolute atomic E-state index is 11.7. The van der Waals surface area contributed by atoms with Crippen LogP contribution in [0.4, 0.5) is 0 Å². The van der Waals surface area contributed by atoms with Crippen LogP contribution in [0.15, 0.2) is 34.7 Å². The minimum absolute atomic E-state index is 0.0597. The van der Waals surface area contributed by atoms with Gasteiger partial charge in [-0.3, -0.25) is 4.79 Å². The van der Waals surface area contributed by atoms with Gasteiger partial charge in [0.25, 0.3) is 0 Å². The average Bonchev–Trinajstić information content (AvgIpc) is 3.08. The van der Waals surface area contributed by atoms with Gasteiger partial charge in [-0.25, -0.2) is 0 Å². The molecule has 1 aliphatic carbocycles. The summed E-state index contributed by atoms with van der Waals surface area (Å²) in [6.45, 7) is 1.96. The summed E-state index contributed by atoms with van der Waals surface area (Å²) in [5, 5.41) is 4.07. The van der Waals surface area contributed by atoms with Crippen molar-refractivity contribution in [2.75, 3.05) is 0 Å². The molecule has 0 spiro atoms. The zero-order valence-corrected chi connectivity index (χ0v) is 9.77. The third kappa shape index (κ3) is 2.05. The molecule has 1 saturated carbocycles. The van der Waals surface area contributed by atoms with Crippen molar-refractivity contribution in [2.24, 2.45) is 5.92 Å². The first kappa shape index (κ1) is 10.4. The van der Waals surface area contributed by atoms with Gasteiger partial charge in [-0.15, -0.1) is 0 Å². The van der Waals surface area contributed by atoms with Crippen LogP contribution in [0.1, 0.15) is 31.6 Å². The van der Waals surface area contributed by atoms with Crippen molar-refractivity contribution in [3.63, 3.8) is 0 Å². The number of carbonyl (C=O) groups is 1. The van der Waals surface area contributed by atoms with Crippen LogP contribution < -0.4 is 5.32 Å². The molecular weight excluding hydrogens is 214 g/mol. The molecule has 1 amide bonds. The summed E-state index contributed by atoms with van der Waals surface area (Å²) in [4.78, 5) is 11.7. The fraction of sp³-hybridized carbons (Fsp3) is 0.357. The van der Waals surface area contributed by atoms with Crippen molar-refractivity contribution >= 4 is 16.9 Å². The van der Waals surface area contributed by atoms with E-state index in [9.17, 15) is 4.79 Å². The molecule has 1 N–H and O–H groups in total. The van der Waals surface area contributed by atoms with Crippen LogP contribution in [-0.2, 0) is 4.79 Å². The number of benzene rings is 1. The second kappa shape index (κ2) is 3.91. The first-order valence-electron chi connectivity index (χ1n) is 6.03. The summed E-state index contributed by atoms with van der Waals surface area (Å²) in [6, 6.07) is 9.81. The SMILES string of the molecule is CC(NC(=O)C1CC1)c1cc2ccccc2o1. The number of fused-ring (bicyclic) bond motifs is 1. The molecule has 1 aromatic heterocycles. The first-order valence-corrected chi connectivity index (χ1v) is 6.03. The zero-order valence-electron chi connectivity index (χ0n) is 9.77. The molecule has 0 aliphatic heterocycles. The number of hydrogen-bond donors (Lipinski definition) is 1. The normalized spacial score (nSPS) is 17.0. The van der Waals surface area contributed by atoms with Crippen molar-refractivity contribution in [1.29, 1.82) is 0 Å². The van der Waals surface area contributed by atoms with E-state index in [2.05, 4.69) is 5.32 Å². The lowest BCUT2D eigenvalue weighted by Crippen LogP contribution is -2.27. The Hall–Kier alpha value is -1.77. The highest BCUT2D eigenvalue weighted by atomic mass is 16.3. The highest BCUT2D eigenvalue weighted by molar-refractivity contribution is 5.82. The second-order valence-electron chi connectivity index (χ2n) is 4.69. The van der Waals surface area contributed by atoms with Crippen LogP contribution in [0.25, 0.3) is 11.0 Å². The summed E-state index contributed by atoms with van der Waals surface area (Å²) >= 11 is 0. The molecule has 0 bridgehead atoms. The van der Waals surface area contributed by atoms with Crippen molar-refractivity contribution < 1.29 is 9.21 Å². The largest absolute Gasteiger partial charge is 0.459 e. The molecule has 1 aliphatic rings. The summed E-state index contributed by atoms with van der Waals surface area (Å²) in [5.74, 6) is 1.21. The lowest BCUT2D eigenvalue weighted by molar-refractivity contribution is -0.123. The molecule has 2 aromatic rings. The highest BCUT2D eigenvalue weighted by Gasteiger charge is 2.30. The molecule has 3 rings (SSSR count). The van der Waals surface area contributed by atoms with Crippen LogP contribution in [-0.4, -0.2) is 5.91 Å². The predicted molar refractivity (Wildman–Crippen MR) is 65.5 cm³/mol. The second-order valence-corrected chi connectivity index (χ2v) is 4.69. The van der Waals surface area contributed by atoms with E-state index in [-0.39, 0.29) is 17.9 Å². The number of furan rings is 1. The molecule has 88 valence electrons. The van der Waals surface area contributed by atoms with Crippen molar-refractivity contribution in [3.05, 3.63) is 36.1 Å². The van der Waals surface area contributed by atoms with Gasteiger partial charge >= 0.3 is 0 Å². The number of hydrogen-bond acceptors (Lipinski definition) is 2. The minimum atomic E-state index is -0.0597. The molecule has 3 nitrogen and oxygen atoms in total. The fourth-order valence-electron chi connectivity index (χ4n) is 1.96. The minimum Gasteiger partial charge on any atom is -0.459 e. The van der Waals surface area contributed by atoms with Crippen LogP contribution >= 0.6 is 0 Å². The Balaban J connectivity index is 1.79. The fourth-order valence-corrected chi connectivity index (χ4v) is 1.96. The average molecular weight is 229 g/mol. The van der Waals surface area contributed by atoms with E-state index in [1.165, 1.54) is 0 Å². The van der Waals surface area contributed by atoms with Crippen molar-refractivity contribution in [1.82, 2.24) is 5.32 Å². The zero-order chi connectivity index (χ0) is 11.8.